The molecule has 11 nitrogen and oxygen atoms in total. The summed E-state index contributed by atoms with van der Waals surface area (Å²) in [7, 11) is 0. The summed E-state index contributed by atoms with van der Waals surface area (Å²) >= 11 is 0. The second kappa shape index (κ2) is 13.7. The number of nitrogens with one attached hydrogen (secondary N) is 2. The number of amides is 3. The molecular formula is C44H46FN7O4. The van der Waals surface area contributed by atoms with Crippen molar-refractivity contribution < 1.29 is 23.6 Å². The predicted octanol–water partition coefficient (Wildman–Crippen LogP) is 5.16. The van der Waals surface area contributed by atoms with E-state index in [1.54, 1.807) is 6.07 Å². The van der Waals surface area contributed by atoms with Gasteiger partial charge in [0.1, 0.15) is 11.9 Å². The molecule has 1 unspecified atom stereocenters. The number of carbonyl (C=O) groups excluding carboxylic acids is 4. The van der Waals surface area contributed by atoms with Crippen LogP contribution in [0.3, 0.4) is 0 Å². The number of piperidine rings is 2. The van der Waals surface area contributed by atoms with Gasteiger partial charge in [-0.25, -0.2) is 4.39 Å². The summed E-state index contributed by atoms with van der Waals surface area (Å²) < 4.78 is 15.4. The fourth-order valence-electron chi connectivity index (χ4n) is 9.98. The van der Waals surface area contributed by atoms with Gasteiger partial charge in [0.2, 0.25) is 11.8 Å². The molecular weight excluding hydrogens is 710 g/mol. The molecule has 288 valence electrons. The molecule has 5 aliphatic rings. The van der Waals surface area contributed by atoms with Crippen LogP contribution in [0.2, 0.25) is 0 Å². The third-order valence-corrected chi connectivity index (χ3v) is 13.1. The highest BCUT2D eigenvalue weighted by Crippen LogP contribution is 2.46. The molecule has 3 amide bonds. The second-order valence-electron chi connectivity index (χ2n) is 16.6. The van der Waals surface area contributed by atoms with Gasteiger partial charge in [0.05, 0.1) is 22.8 Å². The monoisotopic (exact) mass is 755 g/mol. The molecule has 0 bridgehead atoms. The Morgan fingerprint density at radius 2 is 1.70 bits per heavy atom. The van der Waals surface area contributed by atoms with Crippen molar-refractivity contribution in [2.75, 3.05) is 44.2 Å². The van der Waals surface area contributed by atoms with Crippen LogP contribution in [-0.2, 0) is 34.5 Å². The van der Waals surface area contributed by atoms with E-state index in [9.17, 15) is 24.4 Å². The van der Waals surface area contributed by atoms with E-state index in [1.165, 1.54) is 22.2 Å². The number of rotatable bonds is 6. The standard InChI is InChI=1S/C44H46FN7O4/c1-4-27-20-31-32(44(2,3)41-39(40(31)54)30-6-5-25(22-46)19-34(30)47-41)21-36(27)51-11-9-29(10-12-51)50-15-13-49(14-16-50)23-26-17-28-24-52(43(56)38(28)33(45)18-26)35-7-8-37(53)48-42(35)55/h5-6,17-21,29,35,47H,4,7-16,23-24H2,1-3H3,(H,48,53,55). The summed E-state index contributed by atoms with van der Waals surface area (Å²) in [4.78, 5) is 63.7. The van der Waals surface area contributed by atoms with Crippen molar-refractivity contribution >= 4 is 40.1 Å². The molecule has 9 rings (SSSR count). The number of ketones is 1. The summed E-state index contributed by atoms with van der Waals surface area (Å²) in [5.74, 6) is -1.85. The minimum absolute atomic E-state index is 0.0347. The van der Waals surface area contributed by atoms with Crippen LogP contribution in [0.4, 0.5) is 10.1 Å². The van der Waals surface area contributed by atoms with Gasteiger partial charge in [-0.2, -0.15) is 5.26 Å². The molecule has 5 heterocycles. The number of carbonyl (C=O) groups is 4. The number of hydrogen-bond acceptors (Lipinski definition) is 8. The summed E-state index contributed by atoms with van der Waals surface area (Å²) in [5.41, 5.74) is 8.22. The minimum atomic E-state index is -0.768. The minimum Gasteiger partial charge on any atom is -0.371 e. The number of aryl methyl sites for hydroxylation is 1. The van der Waals surface area contributed by atoms with Gasteiger partial charge in [-0.1, -0.05) is 32.9 Å². The van der Waals surface area contributed by atoms with Gasteiger partial charge in [0, 0.05) is 98.1 Å². The Bertz CT molecular complexity index is 2380. The van der Waals surface area contributed by atoms with Gasteiger partial charge in [-0.3, -0.25) is 34.3 Å². The number of hydrogen-bond donors (Lipinski definition) is 2. The fourth-order valence-corrected chi connectivity index (χ4v) is 9.98. The predicted molar refractivity (Wildman–Crippen MR) is 209 cm³/mol. The Morgan fingerprint density at radius 1 is 0.929 bits per heavy atom. The Kier molecular flexibility index (Phi) is 8.86. The molecule has 1 aliphatic carbocycles. The summed E-state index contributed by atoms with van der Waals surface area (Å²) in [6.07, 6.45) is 3.32. The van der Waals surface area contributed by atoms with Gasteiger partial charge in [0.15, 0.2) is 5.78 Å². The highest BCUT2D eigenvalue weighted by molar-refractivity contribution is 6.20. The van der Waals surface area contributed by atoms with Crippen LogP contribution in [-0.4, -0.2) is 94.5 Å². The zero-order chi connectivity index (χ0) is 39.0. The maximum absolute atomic E-state index is 15.4. The van der Waals surface area contributed by atoms with E-state index in [0.717, 1.165) is 91.8 Å². The van der Waals surface area contributed by atoms with Crippen LogP contribution in [0.25, 0.3) is 10.9 Å². The third-order valence-electron chi connectivity index (χ3n) is 13.1. The summed E-state index contributed by atoms with van der Waals surface area (Å²) in [6.45, 7) is 12.7. The zero-order valence-corrected chi connectivity index (χ0v) is 32.1. The summed E-state index contributed by atoms with van der Waals surface area (Å²) in [6, 6.07) is 15.2. The van der Waals surface area contributed by atoms with Gasteiger partial charge >= 0.3 is 0 Å². The van der Waals surface area contributed by atoms with Crippen molar-refractivity contribution in [3.05, 3.63) is 98.5 Å². The molecule has 3 fully saturated rings. The first-order valence-corrected chi connectivity index (χ1v) is 19.9. The maximum Gasteiger partial charge on any atom is 0.258 e. The number of aromatic amines is 1. The Hall–Kier alpha value is -5.38. The Labute approximate surface area is 325 Å². The van der Waals surface area contributed by atoms with Gasteiger partial charge in [0.25, 0.3) is 5.91 Å². The van der Waals surface area contributed by atoms with Gasteiger partial charge in [-0.15, -0.1) is 0 Å². The topological polar surface area (TPSA) is 133 Å². The molecule has 4 aliphatic heterocycles. The van der Waals surface area contributed by atoms with E-state index in [1.807, 2.05) is 18.2 Å². The van der Waals surface area contributed by atoms with Gasteiger partial charge < -0.3 is 14.8 Å². The fraction of sp³-hybridized carbons (Fsp3) is 0.432. The van der Waals surface area contributed by atoms with Crippen molar-refractivity contribution in [2.24, 2.45) is 0 Å². The number of benzene rings is 3. The first-order chi connectivity index (χ1) is 26.9. The zero-order valence-electron chi connectivity index (χ0n) is 32.1. The highest BCUT2D eigenvalue weighted by Gasteiger charge is 2.42. The lowest BCUT2D eigenvalue weighted by Crippen LogP contribution is -2.53. The largest absolute Gasteiger partial charge is 0.371 e. The van der Waals surface area contributed by atoms with Crippen LogP contribution in [0.1, 0.15) is 106 Å². The van der Waals surface area contributed by atoms with Gasteiger partial charge in [-0.05, 0) is 78.3 Å². The number of halogens is 1. The van der Waals surface area contributed by atoms with Crippen LogP contribution < -0.4 is 10.2 Å². The first kappa shape index (κ1) is 36.3. The number of H-pyrrole nitrogens is 1. The molecule has 3 saturated heterocycles. The van der Waals surface area contributed by atoms with E-state index < -0.39 is 29.1 Å². The Balaban J connectivity index is 0.838. The van der Waals surface area contributed by atoms with E-state index >= 15 is 4.39 Å². The number of nitrogens with zero attached hydrogens (tertiary/aromatic N) is 5. The van der Waals surface area contributed by atoms with Crippen molar-refractivity contribution in [1.29, 1.82) is 5.26 Å². The van der Waals surface area contributed by atoms with E-state index in [2.05, 4.69) is 64.0 Å². The van der Waals surface area contributed by atoms with E-state index in [0.29, 0.717) is 29.3 Å². The lowest BCUT2D eigenvalue weighted by Gasteiger charge is -2.44. The Morgan fingerprint density at radius 3 is 2.41 bits per heavy atom. The van der Waals surface area contributed by atoms with E-state index in [4.69, 9.17) is 0 Å². The molecule has 12 heteroatoms. The van der Waals surface area contributed by atoms with Crippen LogP contribution in [0.15, 0.2) is 42.5 Å². The molecule has 4 aromatic rings. The SMILES string of the molecule is CCc1cc2c(cc1N1CCC(N3CCN(Cc4cc(F)c5c(c4)CN(C4CCC(=O)NC4=O)C5=O)CC3)CC1)C(C)(C)c1[nH]c3cc(C#N)ccc3c1C2=O. The van der Waals surface area contributed by atoms with Crippen LogP contribution in [0, 0.1) is 17.1 Å². The van der Waals surface area contributed by atoms with Crippen LogP contribution >= 0.6 is 0 Å². The second-order valence-corrected chi connectivity index (χ2v) is 16.6. The molecule has 0 radical (unpaired) electrons. The average molecular weight is 756 g/mol. The van der Waals surface area contributed by atoms with Crippen LogP contribution in [0.5, 0.6) is 0 Å². The molecule has 1 aromatic heterocycles. The van der Waals surface area contributed by atoms with Crippen molar-refractivity contribution in [3.63, 3.8) is 0 Å². The lowest BCUT2D eigenvalue weighted by atomic mass is 9.70. The number of imide groups is 1. The highest BCUT2D eigenvalue weighted by atomic mass is 19.1. The average Bonchev–Trinajstić information content (AvgIpc) is 3.75. The maximum atomic E-state index is 15.4. The first-order valence-electron chi connectivity index (χ1n) is 19.9. The quantitative estimate of drug-likeness (QED) is 0.258. The smallest absolute Gasteiger partial charge is 0.258 e. The molecule has 3 aromatic carbocycles. The molecule has 2 N–H and O–H groups in total. The molecule has 0 saturated carbocycles. The van der Waals surface area contributed by atoms with E-state index in [-0.39, 0.29) is 36.6 Å². The van der Waals surface area contributed by atoms with Crippen molar-refractivity contribution in [3.8, 4) is 6.07 Å². The molecule has 1 atom stereocenters. The number of aromatic nitrogens is 1. The molecule has 56 heavy (non-hydrogen) atoms. The summed E-state index contributed by atoms with van der Waals surface area (Å²) in [5, 5.41) is 12.6. The van der Waals surface area contributed by atoms with Crippen molar-refractivity contribution in [1.82, 2.24) is 25.0 Å². The van der Waals surface area contributed by atoms with Crippen molar-refractivity contribution in [2.45, 2.75) is 83.5 Å². The lowest BCUT2D eigenvalue weighted by molar-refractivity contribution is -0.136. The number of nitriles is 1. The number of anilines is 1. The number of fused-ring (bicyclic) bond motifs is 5. The molecule has 0 spiro atoms. The number of piperazine rings is 1. The normalized spacial score (nSPS) is 21.6. The third kappa shape index (κ3) is 5.91.